The maximum Gasteiger partial charge on any atom is 0.189 e. The summed E-state index contributed by atoms with van der Waals surface area (Å²) >= 11 is 0. The minimum absolute atomic E-state index is 0.00226. The first-order chi connectivity index (χ1) is 10.3. The lowest BCUT2D eigenvalue weighted by Gasteiger charge is -2.17. The molecular formula is C17H14N2O2. The van der Waals surface area contributed by atoms with E-state index in [0.29, 0.717) is 24.4 Å². The number of pyridine rings is 2. The van der Waals surface area contributed by atoms with Crippen LogP contribution in [0.25, 0.3) is 12.2 Å². The zero-order chi connectivity index (χ0) is 14.5. The maximum absolute atomic E-state index is 12.5. The van der Waals surface area contributed by atoms with Crippen molar-refractivity contribution in [3.05, 3.63) is 71.3 Å². The third-order valence-corrected chi connectivity index (χ3v) is 3.12. The van der Waals surface area contributed by atoms with Gasteiger partial charge in [0.2, 0.25) is 0 Å². The molecule has 1 aliphatic rings. The van der Waals surface area contributed by atoms with Crippen LogP contribution in [0.5, 0.6) is 0 Å². The van der Waals surface area contributed by atoms with Crippen LogP contribution in [0.4, 0.5) is 0 Å². The monoisotopic (exact) mass is 278 g/mol. The highest BCUT2D eigenvalue weighted by Crippen LogP contribution is 2.18. The number of rotatable bonds is 2. The van der Waals surface area contributed by atoms with Crippen LogP contribution in [0.2, 0.25) is 0 Å². The van der Waals surface area contributed by atoms with Gasteiger partial charge in [0.05, 0.1) is 24.6 Å². The van der Waals surface area contributed by atoms with Gasteiger partial charge in [-0.05, 0) is 36.4 Å². The van der Waals surface area contributed by atoms with Gasteiger partial charge >= 0.3 is 0 Å². The van der Waals surface area contributed by atoms with E-state index < -0.39 is 0 Å². The van der Waals surface area contributed by atoms with E-state index in [-0.39, 0.29) is 5.78 Å². The lowest BCUT2D eigenvalue weighted by molar-refractivity contribution is -0.114. The van der Waals surface area contributed by atoms with Gasteiger partial charge in [-0.25, -0.2) is 0 Å². The average Bonchev–Trinajstić information content (AvgIpc) is 2.53. The molecule has 0 unspecified atom stereocenters. The lowest BCUT2D eigenvalue weighted by Crippen LogP contribution is -2.22. The van der Waals surface area contributed by atoms with E-state index in [9.17, 15) is 4.79 Å². The second-order valence-corrected chi connectivity index (χ2v) is 4.67. The number of hydrogen-bond acceptors (Lipinski definition) is 4. The molecule has 104 valence electrons. The fourth-order valence-corrected chi connectivity index (χ4v) is 2.10. The van der Waals surface area contributed by atoms with E-state index in [4.69, 9.17) is 4.74 Å². The number of aromatic nitrogens is 2. The van der Waals surface area contributed by atoms with Crippen LogP contribution in [0.3, 0.4) is 0 Å². The zero-order valence-electron chi connectivity index (χ0n) is 11.4. The van der Waals surface area contributed by atoms with Crippen LogP contribution in [0, 0.1) is 0 Å². The van der Waals surface area contributed by atoms with Crippen LogP contribution in [-0.2, 0) is 9.53 Å². The Balaban J connectivity index is 1.88. The first-order valence-corrected chi connectivity index (χ1v) is 6.68. The van der Waals surface area contributed by atoms with Crippen LogP contribution in [0.1, 0.15) is 11.4 Å². The van der Waals surface area contributed by atoms with Gasteiger partial charge in [-0.15, -0.1) is 0 Å². The maximum atomic E-state index is 12.5. The van der Waals surface area contributed by atoms with Crippen LogP contribution < -0.4 is 0 Å². The number of hydrogen-bond donors (Lipinski definition) is 0. The minimum Gasteiger partial charge on any atom is -0.372 e. The summed E-state index contributed by atoms with van der Waals surface area (Å²) in [6, 6.07) is 11.2. The van der Waals surface area contributed by atoms with E-state index in [1.54, 1.807) is 24.5 Å². The van der Waals surface area contributed by atoms with Crippen molar-refractivity contribution in [2.75, 3.05) is 13.2 Å². The van der Waals surface area contributed by atoms with Gasteiger partial charge < -0.3 is 4.74 Å². The molecule has 2 aromatic heterocycles. The number of Topliss-reactive ketones (excluding diaryl/α,β-unsaturated/α-hetero) is 1. The average molecular weight is 278 g/mol. The predicted molar refractivity (Wildman–Crippen MR) is 80.3 cm³/mol. The Labute approximate surface area is 122 Å². The first kappa shape index (κ1) is 13.4. The van der Waals surface area contributed by atoms with E-state index in [1.165, 1.54) is 0 Å². The summed E-state index contributed by atoms with van der Waals surface area (Å²) in [5.74, 6) is -0.00226. The number of ether oxygens (including phenoxy) is 1. The largest absolute Gasteiger partial charge is 0.372 e. The molecule has 4 heteroatoms. The van der Waals surface area contributed by atoms with Gasteiger partial charge in [-0.2, -0.15) is 0 Å². The van der Waals surface area contributed by atoms with Gasteiger partial charge in [0.1, 0.15) is 0 Å². The van der Waals surface area contributed by atoms with Crippen LogP contribution >= 0.6 is 0 Å². The van der Waals surface area contributed by atoms with Crippen LogP contribution in [0.15, 0.2) is 59.9 Å². The standard InChI is InChI=1S/C17H14N2O2/c20-17-13(9-15-5-1-3-7-18-15)11-21-12-14(17)10-16-6-2-4-8-19-16/h1-10H,11-12H2/b13-9+,14-10+. The fraction of sp³-hybridized carbons (Fsp3) is 0.118. The highest BCUT2D eigenvalue weighted by atomic mass is 16.5. The molecule has 2 aromatic rings. The van der Waals surface area contributed by atoms with Gasteiger partial charge in [0, 0.05) is 23.5 Å². The number of carbonyl (C=O) groups is 1. The molecular weight excluding hydrogens is 264 g/mol. The first-order valence-electron chi connectivity index (χ1n) is 6.68. The SMILES string of the molecule is O=C1/C(=C/c2ccccn2)COC/C1=C\c1ccccn1. The molecule has 21 heavy (non-hydrogen) atoms. The van der Waals surface area contributed by atoms with Crippen molar-refractivity contribution in [2.24, 2.45) is 0 Å². The molecule has 0 spiro atoms. The summed E-state index contributed by atoms with van der Waals surface area (Å²) in [5, 5.41) is 0. The Bertz CT molecular complexity index is 632. The molecule has 0 atom stereocenters. The summed E-state index contributed by atoms with van der Waals surface area (Å²) in [7, 11) is 0. The second kappa shape index (κ2) is 6.24. The second-order valence-electron chi connectivity index (χ2n) is 4.67. The van der Waals surface area contributed by atoms with Gasteiger partial charge in [-0.1, -0.05) is 12.1 Å². The summed E-state index contributed by atoms with van der Waals surface area (Å²) in [4.78, 5) is 20.9. The lowest BCUT2D eigenvalue weighted by atomic mass is 10.00. The van der Waals surface area contributed by atoms with Gasteiger partial charge in [0.25, 0.3) is 0 Å². The molecule has 0 amide bonds. The fourth-order valence-electron chi connectivity index (χ4n) is 2.10. The third kappa shape index (κ3) is 3.30. The molecule has 1 aliphatic heterocycles. The van der Waals surface area contributed by atoms with Gasteiger partial charge in [-0.3, -0.25) is 14.8 Å². The molecule has 0 radical (unpaired) electrons. The number of carbonyl (C=O) groups excluding carboxylic acids is 1. The van der Waals surface area contributed by atoms with Gasteiger partial charge in [0.15, 0.2) is 5.78 Å². The summed E-state index contributed by atoms with van der Waals surface area (Å²) in [5.41, 5.74) is 2.73. The van der Waals surface area contributed by atoms with E-state index >= 15 is 0 Å². The molecule has 0 N–H and O–H groups in total. The van der Waals surface area contributed by atoms with Crippen LogP contribution in [-0.4, -0.2) is 29.0 Å². The number of ketones is 1. The number of nitrogens with zero attached hydrogens (tertiary/aromatic N) is 2. The van der Waals surface area contributed by atoms with E-state index in [1.807, 2.05) is 36.4 Å². The van der Waals surface area contributed by atoms with E-state index in [0.717, 1.165) is 11.4 Å². The third-order valence-electron chi connectivity index (χ3n) is 3.12. The molecule has 0 saturated carbocycles. The molecule has 1 saturated heterocycles. The highest BCUT2D eigenvalue weighted by Gasteiger charge is 2.21. The Kier molecular flexibility index (Phi) is 3.98. The van der Waals surface area contributed by atoms with E-state index in [2.05, 4.69) is 9.97 Å². The Morgan fingerprint density at radius 2 is 1.38 bits per heavy atom. The predicted octanol–water partition coefficient (Wildman–Crippen LogP) is 2.54. The van der Waals surface area contributed by atoms with Crippen molar-refractivity contribution in [1.82, 2.24) is 9.97 Å². The van der Waals surface area contributed by atoms with Crippen molar-refractivity contribution < 1.29 is 9.53 Å². The van der Waals surface area contributed by atoms with Crippen molar-refractivity contribution in [3.63, 3.8) is 0 Å². The summed E-state index contributed by atoms with van der Waals surface area (Å²) in [6.45, 7) is 0.629. The van der Waals surface area contributed by atoms with Crippen molar-refractivity contribution in [2.45, 2.75) is 0 Å². The smallest absolute Gasteiger partial charge is 0.189 e. The Morgan fingerprint density at radius 3 is 1.81 bits per heavy atom. The Hall–Kier alpha value is -2.59. The molecule has 1 fully saturated rings. The normalized spacial score (nSPS) is 19.1. The van der Waals surface area contributed by atoms with Crippen molar-refractivity contribution in [3.8, 4) is 0 Å². The molecule has 3 rings (SSSR count). The molecule has 0 bridgehead atoms. The van der Waals surface area contributed by atoms with Crippen molar-refractivity contribution >= 4 is 17.9 Å². The minimum atomic E-state index is -0.00226. The summed E-state index contributed by atoms with van der Waals surface area (Å²) < 4.78 is 5.50. The highest BCUT2D eigenvalue weighted by molar-refractivity contribution is 6.14. The molecule has 0 aromatic carbocycles. The molecule has 3 heterocycles. The quantitative estimate of drug-likeness (QED) is 0.792. The topological polar surface area (TPSA) is 52.1 Å². The van der Waals surface area contributed by atoms with Crippen molar-refractivity contribution in [1.29, 1.82) is 0 Å². The summed E-state index contributed by atoms with van der Waals surface area (Å²) in [6.07, 6.45) is 6.94. The molecule has 0 aliphatic carbocycles. The zero-order valence-corrected chi connectivity index (χ0v) is 11.4. The Morgan fingerprint density at radius 1 is 0.857 bits per heavy atom. The molecule has 4 nitrogen and oxygen atoms in total.